The molecule has 0 unspecified atom stereocenters. The number of amides is 1. The third-order valence-corrected chi connectivity index (χ3v) is 3.60. The van der Waals surface area contributed by atoms with Crippen LogP contribution < -0.4 is 20.2 Å². The number of carbonyl (C=O) groups excluding carboxylic acids is 1. The van der Waals surface area contributed by atoms with Gasteiger partial charge in [-0.15, -0.1) is 0 Å². The lowest BCUT2D eigenvalue weighted by atomic mass is 10.2. The van der Waals surface area contributed by atoms with Gasteiger partial charge in [0, 0.05) is 0 Å². The molecule has 0 aliphatic rings. The summed E-state index contributed by atoms with van der Waals surface area (Å²) in [4.78, 5) is 11.9. The topological polar surface area (TPSA) is 72.0 Å². The summed E-state index contributed by atoms with van der Waals surface area (Å²) < 4.78 is 10.8. The lowest BCUT2D eigenvalue weighted by Gasteiger charge is -2.09. The number of nitrogens with one attached hydrogen (secondary N) is 2. The zero-order valence-corrected chi connectivity index (χ0v) is 15.2. The Hall–Kier alpha value is -3.02. The van der Waals surface area contributed by atoms with Crippen molar-refractivity contribution in [1.29, 1.82) is 0 Å². The second-order valence-corrected chi connectivity index (χ2v) is 5.62. The van der Waals surface area contributed by atoms with Gasteiger partial charge in [-0.05, 0) is 48.4 Å². The SMILES string of the molecule is CCCCOc1ccc(/C=N/NC(=O)CNc2ccccc2OC)cc1. The molecule has 0 spiro atoms. The van der Waals surface area contributed by atoms with Gasteiger partial charge in [-0.2, -0.15) is 5.10 Å². The van der Waals surface area contributed by atoms with E-state index in [2.05, 4.69) is 22.8 Å². The number of ether oxygens (including phenoxy) is 2. The van der Waals surface area contributed by atoms with Gasteiger partial charge < -0.3 is 14.8 Å². The molecule has 2 rings (SSSR count). The van der Waals surface area contributed by atoms with Crippen molar-refractivity contribution < 1.29 is 14.3 Å². The molecule has 1 amide bonds. The summed E-state index contributed by atoms with van der Waals surface area (Å²) in [7, 11) is 1.59. The van der Waals surface area contributed by atoms with E-state index in [9.17, 15) is 4.79 Å². The zero-order valence-electron chi connectivity index (χ0n) is 15.2. The first-order valence-corrected chi connectivity index (χ1v) is 8.64. The first kappa shape index (κ1) is 19.3. The molecule has 0 heterocycles. The normalized spacial score (nSPS) is 10.5. The highest BCUT2D eigenvalue weighted by Crippen LogP contribution is 2.22. The molecule has 0 saturated carbocycles. The fourth-order valence-corrected chi connectivity index (χ4v) is 2.17. The standard InChI is InChI=1S/C20H25N3O3/c1-3-4-13-26-17-11-9-16(10-12-17)14-22-23-20(24)15-21-18-7-5-6-8-19(18)25-2/h5-12,14,21H,3-4,13,15H2,1-2H3,(H,23,24)/b22-14+. The first-order valence-electron chi connectivity index (χ1n) is 8.64. The lowest BCUT2D eigenvalue weighted by molar-refractivity contribution is -0.119. The summed E-state index contributed by atoms with van der Waals surface area (Å²) in [6.45, 7) is 2.95. The maximum atomic E-state index is 11.9. The Morgan fingerprint density at radius 3 is 2.65 bits per heavy atom. The predicted octanol–water partition coefficient (Wildman–Crippen LogP) is 3.44. The number of nitrogens with zero attached hydrogens (tertiary/aromatic N) is 1. The number of unbranched alkanes of at least 4 members (excludes halogenated alkanes) is 1. The molecule has 0 aliphatic carbocycles. The first-order chi connectivity index (χ1) is 12.7. The number of hydrogen-bond donors (Lipinski definition) is 2. The van der Waals surface area contributed by atoms with Crippen LogP contribution in [0, 0.1) is 0 Å². The van der Waals surface area contributed by atoms with Crippen molar-refractivity contribution in [3.63, 3.8) is 0 Å². The van der Waals surface area contributed by atoms with E-state index in [1.165, 1.54) is 0 Å². The van der Waals surface area contributed by atoms with Gasteiger partial charge in [0.1, 0.15) is 11.5 Å². The van der Waals surface area contributed by atoms with Crippen molar-refractivity contribution in [2.75, 3.05) is 25.6 Å². The Morgan fingerprint density at radius 2 is 1.92 bits per heavy atom. The number of benzene rings is 2. The average Bonchev–Trinajstić information content (AvgIpc) is 2.68. The van der Waals surface area contributed by atoms with Crippen LogP contribution in [0.15, 0.2) is 53.6 Å². The third kappa shape index (κ3) is 6.47. The van der Waals surface area contributed by atoms with Crippen LogP contribution in [0.2, 0.25) is 0 Å². The number of carbonyl (C=O) groups is 1. The summed E-state index contributed by atoms with van der Waals surface area (Å²) in [6.07, 6.45) is 3.74. The number of para-hydroxylation sites is 2. The number of rotatable bonds is 10. The van der Waals surface area contributed by atoms with Gasteiger partial charge in [0.25, 0.3) is 5.91 Å². The van der Waals surface area contributed by atoms with Crippen LogP contribution in [0.25, 0.3) is 0 Å². The fourth-order valence-electron chi connectivity index (χ4n) is 2.17. The van der Waals surface area contributed by atoms with E-state index in [-0.39, 0.29) is 12.5 Å². The van der Waals surface area contributed by atoms with E-state index < -0.39 is 0 Å². The second-order valence-electron chi connectivity index (χ2n) is 5.62. The van der Waals surface area contributed by atoms with Crippen LogP contribution in [0.5, 0.6) is 11.5 Å². The molecule has 2 N–H and O–H groups in total. The summed E-state index contributed by atoms with van der Waals surface area (Å²) in [5, 5.41) is 6.98. The van der Waals surface area contributed by atoms with Crippen LogP contribution in [0.1, 0.15) is 25.3 Å². The van der Waals surface area contributed by atoms with Crippen LogP contribution >= 0.6 is 0 Å². The molecule has 0 bridgehead atoms. The molecular weight excluding hydrogens is 330 g/mol. The van der Waals surface area contributed by atoms with Crippen molar-refractivity contribution in [1.82, 2.24) is 5.43 Å². The molecule has 0 saturated heterocycles. The van der Waals surface area contributed by atoms with Crippen molar-refractivity contribution in [2.24, 2.45) is 5.10 Å². The second kappa shape index (κ2) is 10.8. The molecule has 6 nitrogen and oxygen atoms in total. The van der Waals surface area contributed by atoms with Gasteiger partial charge >= 0.3 is 0 Å². The Labute approximate surface area is 154 Å². The highest BCUT2D eigenvalue weighted by Gasteiger charge is 2.03. The fraction of sp³-hybridized carbons (Fsp3) is 0.300. The minimum absolute atomic E-state index is 0.0991. The molecule has 0 atom stereocenters. The number of anilines is 1. The molecule has 0 aliphatic heterocycles. The molecule has 0 radical (unpaired) electrons. The zero-order chi connectivity index (χ0) is 18.6. The highest BCUT2D eigenvalue weighted by atomic mass is 16.5. The van der Waals surface area contributed by atoms with Gasteiger partial charge in [-0.3, -0.25) is 4.79 Å². The quantitative estimate of drug-likeness (QED) is 0.389. The van der Waals surface area contributed by atoms with E-state index in [4.69, 9.17) is 9.47 Å². The van der Waals surface area contributed by atoms with Crippen molar-refractivity contribution in [3.05, 3.63) is 54.1 Å². The van der Waals surface area contributed by atoms with E-state index in [1.54, 1.807) is 13.3 Å². The summed E-state index contributed by atoms with van der Waals surface area (Å²) in [5.74, 6) is 1.28. The highest BCUT2D eigenvalue weighted by molar-refractivity contribution is 5.84. The maximum Gasteiger partial charge on any atom is 0.259 e. The molecule has 0 fully saturated rings. The van der Waals surface area contributed by atoms with Crippen LogP contribution in [0.4, 0.5) is 5.69 Å². The summed E-state index contributed by atoms with van der Waals surface area (Å²) in [5.41, 5.74) is 4.13. The van der Waals surface area contributed by atoms with E-state index in [0.29, 0.717) is 5.75 Å². The van der Waals surface area contributed by atoms with Crippen LogP contribution in [-0.2, 0) is 4.79 Å². The van der Waals surface area contributed by atoms with Crippen molar-refractivity contribution >= 4 is 17.8 Å². The average molecular weight is 355 g/mol. The van der Waals surface area contributed by atoms with Crippen LogP contribution in [-0.4, -0.2) is 32.4 Å². The third-order valence-electron chi connectivity index (χ3n) is 3.60. The van der Waals surface area contributed by atoms with Gasteiger partial charge in [0.15, 0.2) is 0 Å². The van der Waals surface area contributed by atoms with E-state index in [0.717, 1.165) is 36.4 Å². The van der Waals surface area contributed by atoms with Gasteiger partial charge in [-0.25, -0.2) is 5.43 Å². The van der Waals surface area contributed by atoms with E-state index in [1.807, 2.05) is 48.5 Å². The number of methoxy groups -OCH3 is 1. The molecule has 6 heteroatoms. The minimum Gasteiger partial charge on any atom is -0.495 e. The molecule has 26 heavy (non-hydrogen) atoms. The van der Waals surface area contributed by atoms with E-state index >= 15 is 0 Å². The number of hydrazone groups is 1. The monoisotopic (exact) mass is 355 g/mol. The molecule has 138 valence electrons. The lowest BCUT2D eigenvalue weighted by Crippen LogP contribution is -2.26. The molecule has 2 aromatic carbocycles. The van der Waals surface area contributed by atoms with Crippen molar-refractivity contribution in [3.8, 4) is 11.5 Å². The predicted molar refractivity (Wildman–Crippen MR) is 104 cm³/mol. The molecule has 2 aromatic rings. The molecular formula is C20H25N3O3. The van der Waals surface area contributed by atoms with Gasteiger partial charge in [0.05, 0.1) is 32.2 Å². The van der Waals surface area contributed by atoms with Gasteiger partial charge in [-0.1, -0.05) is 25.5 Å². The maximum absolute atomic E-state index is 11.9. The minimum atomic E-state index is -0.244. The Morgan fingerprint density at radius 1 is 1.15 bits per heavy atom. The van der Waals surface area contributed by atoms with Gasteiger partial charge in [0.2, 0.25) is 0 Å². The summed E-state index contributed by atoms with van der Waals surface area (Å²) >= 11 is 0. The molecule has 0 aromatic heterocycles. The Balaban J connectivity index is 1.76. The summed E-state index contributed by atoms with van der Waals surface area (Å²) in [6, 6.07) is 15.0. The Kier molecular flexibility index (Phi) is 7.99. The Bertz CT molecular complexity index is 714. The van der Waals surface area contributed by atoms with Crippen molar-refractivity contribution in [2.45, 2.75) is 19.8 Å². The largest absolute Gasteiger partial charge is 0.495 e. The smallest absolute Gasteiger partial charge is 0.259 e. The van der Waals surface area contributed by atoms with Crippen LogP contribution in [0.3, 0.4) is 0 Å². The number of hydrogen-bond acceptors (Lipinski definition) is 5.